The quantitative estimate of drug-likeness (QED) is 0.585. The summed E-state index contributed by atoms with van der Waals surface area (Å²) in [5.74, 6) is -0.148. The molecule has 0 saturated carbocycles. The first-order valence-electron chi connectivity index (χ1n) is 6.29. The Morgan fingerprint density at radius 2 is 2.05 bits per heavy atom. The monoisotopic (exact) mass is 303 g/mol. The standard InChI is InChI=1S/C13H21NO5S/c1-12(2,3)19-11(17)14-8-20-13(4,7-15)9(14)6-10(16)18-5/h7,9H,6,8H2,1-5H3. The van der Waals surface area contributed by atoms with E-state index in [0.29, 0.717) is 5.88 Å². The third kappa shape index (κ3) is 3.88. The first kappa shape index (κ1) is 16.8. The van der Waals surface area contributed by atoms with E-state index in [-0.39, 0.29) is 6.42 Å². The molecule has 0 bridgehead atoms. The van der Waals surface area contributed by atoms with E-state index >= 15 is 0 Å². The SMILES string of the molecule is COC(=O)CC1N(C(=O)OC(C)(C)C)CSC1(C)C=O. The van der Waals surface area contributed by atoms with Crippen LogP contribution in [0.2, 0.25) is 0 Å². The maximum atomic E-state index is 12.2. The van der Waals surface area contributed by atoms with Gasteiger partial charge in [0.25, 0.3) is 0 Å². The summed E-state index contributed by atoms with van der Waals surface area (Å²) in [4.78, 5) is 36.4. The van der Waals surface area contributed by atoms with Gasteiger partial charge in [0.2, 0.25) is 0 Å². The summed E-state index contributed by atoms with van der Waals surface area (Å²) in [6.45, 7) is 7.01. The maximum absolute atomic E-state index is 12.2. The van der Waals surface area contributed by atoms with Crippen molar-refractivity contribution in [1.29, 1.82) is 0 Å². The van der Waals surface area contributed by atoms with Gasteiger partial charge in [-0.25, -0.2) is 4.79 Å². The molecule has 1 rings (SSSR count). The van der Waals surface area contributed by atoms with Crippen molar-refractivity contribution >= 4 is 30.1 Å². The average molecular weight is 303 g/mol. The number of hydrogen-bond donors (Lipinski definition) is 0. The van der Waals surface area contributed by atoms with Crippen molar-refractivity contribution in [2.45, 2.75) is 50.5 Å². The van der Waals surface area contributed by atoms with Gasteiger partial charge in [0.15, 0.2) is 0 Å². The predicted octanol–water partition coefficient (Wildman–Crippen LogP) is 1.82. The first-order chi connectivity index (χ1) is 9.13. The molecule has 0 aromatic rings. The van der Waals surface area contributed by atoms with E-state index < -0.39 is 28.5 Å². The van der Waals surface area contributed by atoms with Crippen molar-refractivity contribution in [2.24, 2.45) is 0 Å². The van der Waals surface area contributed by atoms with Gasteiger partial charge in [0.05, 0.1) is 30.2 Å². The Balaban J connectivity index is 2.91. The van der Waals surface area contributed by atoms with Crippen LogP contribution in [0.15, 0.2) is 0 Å². The summed E-state index contributed by atoms with van der Waals surface area (Å²) < 4.78 is 9.12. The second kappa shape index (κ2) is 6.03. The van der Waals surface area contributed by atoms with Gasteiger partial charge < -0.3 is 14.3 Å². The summed E-state index contributed by atoms with van der Waals surface area (Å²) in [7, 11) is 1.28. The maximum Gasteiger partial charge on any atom is 0.411 e. The Morgan fingerprint density at radius 1 is 1.45 bits per heavy atom. The highest BCUT2D eigenvalue weighted by molar-refractivity contribution is 8.01. The van der Waals surface area contributed by atoms with Crippen LogP contribution < -0.4 is 0 Å². The fourth-order valence-corrected chi connectivity index (χ4v) is 3.04. The van der Waals surface area contributed by atoms with Gasteiger partial charge in [-0.15, -0.1) is 11.8 Å². The molecule has 0 aliphatic carbocycles. The highest BCUT2D eigenvalue weighted by atomic mass is 32.2. The summed E-state index contributed by atoms with van der Waals surface area (Å²) in [5, 5.41) is 0. The molecule has 1 amide bonds. The van der Waals surface area contributed by atoms with Crippen molar-refractivity contribution in [2.75, 3.05) is 13.0 Å². The van der Waals surface area contributed by atoms with Crippen LogP contribution in [-0.4, -0.2) is 52.6 Å². The number of hydrogen-bond acceptors (Lipinski definition) is 6. The Morgan fingerprint density at radius 3 is 2.50 bits per heavy atom. The molecule has 20 heavy (non-hydrogen) atoms. The van der Waals surface area contributed by atoms with E-state index in [4.69, 9.17) is 4.74 Å². The molecule has 0 radical (unpaired) electrons. The molecule has 0 aromatic carbocycles. The van der Waals surface area contributed by atoms with Crippen LogP contribution >= 0.6 is 11.8 Å². The molecule has 1 aliphatic heterocycles. The van der Waals surface area contributed by atoms with Crippen molar-refractivity contribution in [3.8, 4) is 0 Å². The largest absolute Gasteiger partial charge is 0.469 e. The molecule has 2 atom stereocenters. The van der Waals surface area contributed by atoms with Gasteiger partial charge in [-0.3, -0.25) is 9.69 Å². The average Bonchev–Trinajstić information content (AvgIpc) is 2.66. The zero-order chi connectivity index (χ0) is 15.6. The van der Waals surface area contributed by atoms with Crippen LogP contribution in [0, 0.1) is 0 Å². The zero-order valence-electron chi connectivity index (χ0n) is 12.5. The molecule has 1 saturated heterocycles. The normalized spacial score (nSPS) is 26.2. The van der Waals surface area contributed by atoms with Crippen LogP contribution in [0.5, 0.6) is 0 Å². The fraction of sp³-hybridized carbons (Fsp3) is 0.769. The molecule has 0 aromatic heterocycles. The van der Waals surface area contributed by atoms with Gasteiger partial charge >= 0.3 is 12.1 Å². The number of carbonyl (C=O) groups is 3. The smallest absolute Gasteiger partial charge is 0.411 e. The number of aldehydes is 1. The molecular weight excluding hydrogens is 282 g/mol. The second-order valence-corrected chi connectivity index (χ2v) is 7.25. The van der Waals surface area contributed by atoms with Gasteiger partial charge in [0.1, 0.15) is 11.9 Å². The van der Waals surface area contributed by atoms with Crippen molar-refractivity contribution in [3.63, 3.8) is 0 Å². The Labute approximate surface area is 123 Å². The summed E-state index contributed by atoms with van der Waals surface area (Å²) in [6, 6.07) is -0.563. The van der Waals surface area contributed by atoms with Gasteiger partial charge in [-0.1, -0.05) is 0 Å². The number of rotatable bonds is 3. The Bertz CT molecular complexity index is 406. The minimum absolute atomic E-state index is 0.0298. The number of amides is 1. The molecule has 0 N–H and O–H groups in total. The van der Waals surface area contributed by atoms with Crippen LogP contribution in [0.3, 0.4) is 0 Å². The van der Waals surface area contributed by atoms with Gasteiger partial charge in [-0.2, -0.15) is 0 Å². The second-order valence-electron chi connectivity index (χ2n) is 5.82. The highest BCUT2D eigenvalue weighted by Gasteiger charge is 2.49. The van der Waals surface area contributed by atoms with Crippen LogP contribution in [0.25, 0.3) is 0 Å². The lowest BCUT2D eigenvalue weighted by Gasteiger charge is -2.31. The molecule has 1 fully saturated rings. The van der Waals surface area contributed by atoms with Crippen molar-refractivity contribution in [3.05, 3.63) is 0 Å². The van der Waals surface area contributed by atoms with Gasteiger partial charge in [0, 0.05) is 0 Å². The number of methoxy groups -OCH3 is 1. The number of thioether (sulfide) groups is 1. The van der Waals surface area contributed by atoms with Crippen LogP contribution in [0.4, 0.5) is 4.79 Å². The van der Waals surface area contributed by atoms with E-state index in [9.17, 15) is 14.4 Å². The molecule has 6 nitrogen and oxygen atoms in total. The lowest BCUT2D eigenvalue weighted by atomic mass is 9.98. The molecule has 114 valence electrons. The van der Waals surface area contributed by atoms with Crippen molar-refractivity contribution in [1.82, 2.24) is 4.90 Å². The topological polar surface area (TPSA) is 72.9 Å². The number of ether oxygens (including phenoxy) is 2. The third-order valence-corrected chi connectivity index (χ3v) is 4.40. The Hall–Kier alpha value is -1.24. The van der Waals surface area contributed by atoms with Crippen molar-refractivity contribution < 1.29 is 23.9 Å². The van der Waals surface area contributed by atoms with Gasteiger partial charge in [-0.05, 0) is 27.7 Å². The minimum atomic E-state index is -0.828. The third-order valence-electron chi connectivity index (χ3n) is 3.00. The molecule has 2 unspecified atom stereocenters. The highest BCUT2D eigenvalue weighted by Crippen LogP contribution is 2.40. The van der Waals surface area contributed by atoms with E-state index in [1.54, 1.807) is 27.7 Å². The number of carbonyl (C=O) groups excluding carboxylic acids is 3. The van der Waals surface area contributed by atoms with E-state index in [1.807, 2.05) is 0 Å². The fourth-order valence-electron chi connectivity index (χ4n) is 1.87. The molecule has 1 aliphatic rings. The van der Waals surface area contributed by atoms with Crippen LogP contribution in [-0.2, 0) is 19.1 Å². The summed E-state index contributed by atoms with van der Waals surface area (Å²) >= 11 is 1.32. The lowest BCUT2D eigenvalue weighted by Crippen LogP contribution is -2.48. The molecule has 1 heterocycles. The van der Waals surface area contributed by atoms with E-state index in [1.165, 1.54) is 23.8 Å². The Kier molecular flexibility index (Phi) is 5.07. The minimum Gasteiger partial charge on any atom is -0.469 e. The van der Waals surface area contributed by atoms with E-state index in [2.05, 4.69) is 4.74 Å². The number of esters is 1. The lowest BCUT2D eigenvalue weighted by molar-refractivity contribution is -0.142. The summed E-state index contributed by atoms with van der Waals surface area (Å²) in [6.07, 6.45) is 0.220. The first-order valence-corrected chi connectivity index (χ1v) is 7.28. The number of nitrogens with zero attached hydrogens (tertiary/aromatic N) is 1. The zero-order valence-corrected chi connectivity index (χ0v) is 13.3. The summed E-state index contributed by atoms with van der Waals surface area (Å²) in [5.41, 5.74) is -0.627. The molecular formula is C13H21NO5S. The molecule has 7 heteroatoms. The predicted molar refractivity (Wildman–Crippen MR) is 75.4 cm³/mol. The van der Waals surface area contributed by atoms with E-state index in [0.717, 1.165) is 6.29 Å². The van der Waals surface area contributed by atoms with Crippen LogP contribution in [0.1, 0.15) is 34.1 Å². The molecule has 0 spiro atoms.